The van der Waals surface area contributed by atoms with Gasteiger partial charge in [0.2, 0.25) is 5.75 Å². The highest BCUT2D eigenvalue weighted by Crippen LogP contribution is 2.33. The molecule has 2 rings (SSSR count). The number of aromatic hydroxyl groups is 1. The molecule has 1 aromatic carbocycles. The lowest BCUT2D eigenvalue weighted by Gasteiger charge is -2.14. The Kier molecular flexibility index (Phi) is 7.13. The predicted octanol–water partition coefficient (Wildman–Crippen LogP) is 4.55. The number of aryl methyl sites for hydroxylation is 1. The number of allylic oxidation sites excluding steroid dienone is 1. The molecule has 0 fully saturated rings. The van der Waals surface area contributed by atoms with Gasteiger partial charge in [-0.1, -0.05) is 31.8 Å². The van der Waals surface area contributed by atoms with Gasteiger partial charge in [0.15, 0.2) is 5.75 Å². The van der Waals surface area contributed by atoms with Gasteiger partial charge in [-0.05, 0) is 38.5 Å². The number of ether oxygens (including phenoxy) is 2. The molecular weight excluding hydrogens is 330 g/mol. The summed E-state index contributed by atoms with van der Waals surface area (Å²) in [5, 5.41) is 10.9. The monoisotopic (exact) mass is 359 g/mol. The van der Waals surface area contributed by atoms with Crippen LogP contribution in [0.2, 0.25) is 0 Å². The molecule has 2 aromatic rings. The molecule has 0 bridgehead atoms. The van der Waals surface area contributed by atoms with Gasteiger partial charge in [0, 0.05) is 18.5 Å². The lowest BCUT2D eigenvalue weighted by molar-refractivity contribution is 0.305. The topological polar surface area (TPSA) is 60.7 Å². The second-order valence-corrected chi connectivity index (χ2v) is 6.72. The summed E-state index contributed by atoms with van der Waals surface area (Å²) in [7, 11) is 1.63. The second-order valence-electron chi connectivity index (χ2n) is 6.72. The van der Waals surface area contributed by atoms with Crippen LogP contribution in [0.4, 0.5) is 0 Å². The Morgan fingerprint density at radius 2 is 1.96 bits per heavy atom. The van der Waals surface area contributed by atoms with E-state index in [1.165, 1.54) is 17.4 Å². The van der Waals surface area contributed by atoms with E-state index in [2.05, 4.69) is 6.92 Å². The Bertz CT molecular complexity index is 832. The molecule has 1 heterocycles. The van der Waals surface area contributed by atoms with Crippen LogP contribution in [0.1, 0.15) is 46.5 Å². The quantitative estimate of drug-likeness (QED) is 0.527. The summed E-state index contributed by atoms with van der Waals surface area (Å²) in [6.07, 6.45) is 6.46. The van der Waals surface area contributed by atoms with Crippen LogP contribution in [-0.4, -0.2) is 22.9 Å². The number of hydrogen-bond donors (Lipinski definition) is 1. The van der Waals surface area contributed by atoms with Crippen molar-refractivity contribution in [1.29, 1.82) is 0 Å². The maximum Gasteiger partial charge on any atom is 0.296 e. The van der Waals surface area contributed by atoms with Gasteiger partial charge < -0.3 is 19.1 Å². The smallest absolute Gasteiger partial charge is 0.296 e. The van der Waals surface area contributed by atoms with Crippen molar-refractivity contribution in [2.24, 2.45) is 7.05 Å². The molecule has 0 aliphatic heterocycles. The summed E-state index contributed by atoms with van der Waals surface area (Å²) >= 11 is 0. The third kappa shape index (κ3) is 4.81. The molecule has 0 saturated carbocycles. The van der Waals surface area contributed by atoms with Gasteiger partial charge in [-0.15, -0.1) is 0 Å². The Morgan fingerprint density at radius 1 is 1.19 bits per heavy atom. The number of pyridine rings is 1. The summed E-state index contributed by atoms with van der Waals surface area (Å²) in [5.74, 6) is 0.565. The highest BCUT2D eigenvalue weighted by atomic mass is 16.5. The standard InChI is InChI=1S/C21H29NO4/c1-5-6-7-8-12-25-16-9-10-17-18(14-16)22(4)21(24)19(23)20(17)26-13-11-15(2)3/h9-11,14,23H,5-8,12-13H2,1-4H3. The Hall–Kier alpha value is -2.43. The first kappa shape index (κ1) is 19.9. The fourth-order valence-corrected chi connectivity index (χ4v) is 2.72. The number of benzene rings is 1. The van der Waals surface area contributed by atoms with Gasteiger partial charge in [0.1, 0.15) is 12.4 Å². The van der Waals surface area contributed by atoms with Crippen LogP contribution in [0.25, 0.3) is 10.9 Å². The van der Waals surface area contributed by atoms with Gasteiger partial charge in [0.05, 0.1) is 12.1 Å². The average Bonchev–Trinajstić information content (AvgIpc) is 2.62. The van der Waals surface area contributed by atoms with Crippen molar-refractivity contribution in [3.8, 4) is 17.2 Å². The first-order valence-corrected chi connectivity index (χ1v) is 9.20. The van der Waals surface area contributed by atoms with Crippen molar-refractivity contribution in [3.05, 3.63) is 40.2 Å². The number of aromatic nitrogens is 1. The first-order chi connectivity index (χ1) is 12.5. The summed E-state index contributed by atoms with van der Waals surface area (Å²) in [6.45, 7) is 7.07. The van der Waals surface area contributed by atoms with E-state index in [1.807, 2.05) is 38.1 Å². The molecule has 26 heavy (non-hydrogen) atoms. The van der Waals surface area contributed by atoms with Crippen LogP contribution in [0.3, 0.4) is 0 Å². The number of rotatable bonds is 9. The van der Waals surface area contributed by atoms with Crippen molar-refractivity contribution in [3.63, 3.8) is 0 Å². The first-order valence-electron chi connectivity index (χ1n) is 9.20. The van der Waals surface area contributed by atoms with Crippen LogP contribution in [0.15, 0.2) is 34.6 Å². The van der Waals surface area contributed by atoms with Crippen molar-refractivity contribution in [2.75, 3.05) is 13.2 Å². The molecule has 0 aliphatic carbocycles. The lowest BCUT2D eigenvalue weighted by atomic mass is 10.1. The fraction of sp³-hybridized carbons (Fsp3) is 0.476. The van der Waals surface area contributed by atoms with Crippen LogP contribution in [0.5, 0.6) is 17.2 Å². The zero-order chi connectivity index (χ0) is 19.1. The van der Waals surface area contributed by atoms with Gasteiger partial charge in [-0.25, -0.2) is 0 Å². The molecule has 0 unspecified atom stereocenters. The van der Waals surface area contributed by atoms with E-state index in [0.717, 1.165) is 18.4 Å². The fourth-order valence-electron chi connectivity index (χ4n) is 2.72. The minimum Gasteiger partial charge on any atom is -0.500 e. The Balaban J connectivity index is 2.29. The van der Waals surface area contributed by atoms with E-state index >= 15 is 0 Å². The molecule has 5 heteroatoms. The molecule has 0 spiro atoms. The molecule has 142 valence electrons. The minimum absolute atomic E-state index is 0.218. The van der Waals surface area contributed by atoms with Gasteiger partial charge in [-0.3, -0.25) is 4.79 Å². The number of nitrogens with zero attached hydrogens (tertiary/aromatic N) is 1. The van der Waals surface area contributed by atoms with E-state index in [0.29, 0.717) is 29.9 Å². The zero-order valence-corrected chi connectivity index (χ0v) is 16.2. The molecule has 5 nitrogen and oxygen atoms in total. The van der Waals surface area contributed by atoms with Crippen molar-refractivity contribution < 1.29 is 14.6 Å². The van der Waals surface area contributed by atoms with Gasteiger partial charge in [0.25, 0.3) is 5.56 Å². The van der Waals surface area contributed by atoms with E-state index in [4.69, 9.17) is 9.47 Å². The average molecular weight is 359 g/mol. The number of unbranched alkanes of at least 4 members (excludes halogenated alkanes) is 3. The zero-order valence-electron chi connectivity index (χ0n) is 16.2. The van der Waals surface area contributed by atoms with E-state index in [9.17, 15) is 9.90 Å². The number of hydrogen-bond acceptors (Lipinski definition) is 4. The third-order valence-electron chi connectivity index (χ3n) is 4.28. The van der Waals surface area contributed by atoms with Crippen LogP contribution in [-0.2, 0) is 7.05 Å². The molecule has 0 radical (unpaired) electrons. The van der Waals surface area contributed by atoms with Crippen molar-refractivity contribution in [1.82, 2.24) is 4.57 Å². The van der Waals surface area contributed by atoms with Crippen LogP contribution < -0.4 is 15.0 Å². The number of fused-ring (bicyclic) bond motifs is 1. The maximum atomic E-state index is 12.3. The van der Waals surface area contributed by atoms with Crippen LogP contribution in [0, 0.1) is 0 Å². The molecule has 1 aromatic heterocycles. The highest BCUT2D eigenvalue weighted by Gasteiger charge is 2.16. The van der Waals surface area contributed by atoms with Crippen LogP contribution >= 0.6 is 0 Å². The highest BCUT2D eigenvalue weighted by molar-refractivity contribution is 5.88. The molecule has 1 N–H and O–H groups in total. The van der Waals surface area contributed by atoms with Gasteiger partial charge in [-0.2, -0.15) is 0 Å². The summed E-state index contributed by atoms with van der Waals surface area (Å²) in [6, 6.07) is 5.50. The van der Waals surface area contributed by atoms with E-state index in [1.54, 1.807) is 7.05 Å². The maximum absolute atomic E-state index is 12.3. The SMILES string of the molecule is CCCCCCOc1ccc2c(OCC=C(C)C)c(O)c(=O)n(C)c2c1. The summed E-state index contributed by atoms with van der Waals surface area (Å²) in [5.41, 5.74) is 1.30. The molecular formula is C21H29NO4. The van der Waals surface area contributed by atoms with E-state index in [-0.39, 0.29) is 11.5 Å². The summed E-state index contributed by atoms with van der Waals surface area (Å²) in [4.78, 5) is 12.3. The Labute approximate surface area is 154 Å². The molecule has 0 aliphatic rings. The molecule has 0 saturated heterocycles. The van der Waals surface area contributed by atoms with Crippen molar-refractivity contribution in [2.45, 2.75) is 46.5 Å². The molecule has 0 atom stereocenters. The summed E-state index contributed by atoms with van der Waals surface area (Å²) < 4.78 is 12.9. The predicted molar refractivity (Wildman–Crippen MR) is 105 cm³/mol. The largest absolute Gasteiger partial charge is 0.500 e. The normalized spacial score (nSPS) is 10.8. The van der Waals surface area contributed by atoms with Crippen molar-refractivity contribution >= 4 is 10.9 Å². The Morgan fingerprint density at radius 3 is 2.65 bits per heavy atom. The van der Waals surface area contributed by atoms with E-state index < -0.39 is 5.56 Å². The second kappa shape index (κ2) is 9.32. The third-order valence-corrected chi connectivity index (χ3v) is 4.28. The van der Waals surface area contributed by atoms with Gasteiger partial charge >= 0.3 is 0 Å². The minimum atomic E-state index is -0.482. The lowest BCUT2D eigenvalue weighted by Crippen LogP contribution is -2.18. The molecule has 0 amide bonds.